The molecule has 2 amide bonds. The SMILES string of the molecule is CCC(C)NC(=O)N(CCN(C)C)CCN(C)C. The molecule has 0 aliphatic carbocycles. The molecule has 1 unspecified atom stereocenters. The highest BCUT2D eigenvalue weighted by Crippen LogP contribution is 1.95. The van der Waals surface area contributed by atoms with E-state index in [-0.39, 0.29) is 12.1 Å². The van der Waals surface area contributed by atoms with Crippen LogP contribution in [0.1, 0.15) is 20.3 Å². The fourth-order valence-electron chi connectivity index (χ4n) is 1.36. The summed E-state index contributed by atoms with van der Waals surface area (Å²) in [6.45, 7) is 7.43. The molecule has 0 aromatic carbocycles. The van der Waals surface area contributed by atoms with Crippen LogP contribution in [0.3, 0.4) is 0 Å². The van der Waals surface area contributed by atoms with Crippen LogP contribution >= 0.6 is 0 Å². The Balaban J connectivity index is 4.29. The first-order valence-corrected chi connectivity index (χ1v) is 6.71. The molecule has 0 spiro atoms. The van der Waals surface area contributed by atoms with Gasteiger partial charge in [-0.1, -0.05) is 6.92 Å². The lowest BCUT2D eigenvalue weighted by atomic mass is 10.3. The Kier molecular flexibility index (Phi) is 8.75. The van der Waals surface area contributed by atoms with Crippen LogP contribution in [0.5, 0.6) is 0 Å². The Bertz CT molecular complexity index is 219. The summed E-state index contributed by atoms with van der Waals surface area (Å²) in [5.74, 6) is 0. The van der Waals surface area contributed by atoms with Crippen molar-refractivity contribution < 1.29 is 4.79 Å². The molecule has 0 fully saturated rings. The maximum atomic E-state index is 12.1. The van der Waals surface area contributed by atoms with Gasteiger partial charge in [0.25, 0.3) is 0 Å². The first kappa shape index (κ1) is 17.2. The van der Waals surface area contributed by atoms with Gasteiger partial charge in [0.1, 0.15) is 0 Å². The van der Waals surface area contributed by atoms with E-state index in [9.17, 15) is 4.79 Å². The van der Waals surface area contributed by atoms with Crippen LogP contribution in [-0.4, -0.2) is 81.1 Å². The molecule has 0 aliphatic heterocycles. The molecule has 5 nitrogen and oxygen atoms in total. The van der Waals surface area contributed by atoms with Crippen LogP contribution in [0.15, 0.2) is 0 Å². The molecule has 5 heteroatoms. The number of likely N-dealkylation sites (N-methyl/N-ethyl adjacent to an activating group) is 2. The number of carbonyl (C=O) groups excluding carboxylic acids is 1. The van der Waals surface area contributed by atoms with Gasteiger partial charge in [-0.05, 0) is 41.5 Å². The zero-order valence-corrected chi connectivity index (χ0v) is 12.9. The van der Waals surface area contributed by atoms with Crippen molar-refractivity contribution >= 4 is 6.03 Å². The summed E-state index contributed by atoms with van der Waals surface area (Å²) in [6, 6.07) is 0.284. The third-order valence-electron chi connectivity index (χ3n) is 2.90. The Hall–Kier alpha value is -0.810. The lowest BCUT2D eigenvalue weighted by molar-refractivity contribution is 0.182. The molecule has 0 radical (unpaired) electrons. The van der Waals surface area contributed by atoms with Crippen molar-refractivity contribution in [1.29, 1.82) is 0 Å². The summed E-state index contributed by atoms with van der Waals surface area (Å²) >= 11 is 0. The van der Waals surface area contributed by atoms with E-state index >= 15 is 0 Å². The highest BCUT2D eigenvalue weighted by atomic mass is 16.2. The Labute approximate surface area is 112 Å². The second-order valence-electron chi connectivity index (χ2n) is 5.35. The van der Waals surface area contributed by atoms with Crippen LogP contribution in [0.4, 0.5) is 4.79 Å². The Morgan fingerprint density at radius 3 is 1.78 bits per heavy atom. The third kappa shape index (κ3) is 8.31. The van der Waals surface area contributed by atoms with Gasteiger partial charge in [0, 0.05) is 32.2 Å². The van der Waals surface area contributed by atoms with Crippen molar-refractivity contribution in [3.63, 3.8) is 0 Å². The summed E-state index contributed by atoms with van der Waals surface area (Å²) < 4.78 is 0. The molecular formula is C13H30N4O. The van der Waals surface area contributed by atoms with Crippen molar-refractivity contribution in [1.82, 2.24) is 20.0 Å². The van der Waals surface area contributed by atoms with Crippen molar-refractivity contribution in [3.8, 4) is 0 Å². The molecule has 18 heavy (non-hydrogen) atoms. The molecule has 0 aromatic heterocycles. The van der Waals surface area contributed by atoms with Gasteiger partial charge >= 0.3 is 6.03 Å². The minimum atomic E-state index is 0.0491. The minimum Gasteiger partial charge on any atom is -0.336 e. The summed E-state index contributed by atoms with van der Waals surface area (Å²) in [5.41, 5.74) is 0. The predicted octanol–water partition coefficient (Wildman–Crippen LogP) is 0.920. The van der Waals surface area contributed by atoms with E-state index in [1.54, 1.807) is 0 Å². The lowest BCUT2D eigenvalue weighted by Crippen LogP contribution is -2.48. The molecule has 0 saturated heterocycles. The monoisotopic (exact) mass is 258 g/mol. The Morgan fingerprint density at radius 2 is 1.44 bits per heavy atom. The van der Waals surface area contributed by atoms with Crippen LogP contribution in [0, 0.1) is 0 Å². The molecule has 0 aromatic rings. The Morgan fingerprint density at radius 1 is 1.00 bits per heavy atom. The number of nitrogens with zero attached hydrogens (tertiary/aromatic N) is 3. The maximum absolute atomic E-state index is 12.1. The molecule has 0 bridgehead atoms. The molecule has 0 rings (SSSR count). The van der Waals surface area contributed by atoms with Gasteiger partial charge in [-0.2, -0.15) is 0 Å². The summed E-state index contributed by atoms with van der Waals surface area (Å²) in [6.07, 6.45) is 0.959. The smallest absolute Gasteiger partial charge is 0.317 e. The molecule has 1 N–H and O–H groups in total. The highest BCUT2D eigenvalue weighted by Gasteiger charge is 2.15. The van der Waals surface area contributed by atoms with Gasteiger partial charge in [0.05, 0.1) is 0 Å². The second kappa shape index (κ2) is 9.16. The largest absolute Gasteiger partial charge is 0.336 e. The van der Waals surface area contributed by atoms with E-state index in [1.165, 1.54) is 0 Å². The quantitative estimate of drug-likeness (QED) is 0.704. The number of hydrogen-bond donors (Lipinski definition) is 1. The average molecular weight is 258 g/mol. The number of nitrogens with one attached hydrogen (secondary N) is 1. The molecule has 0 saturated carbocycles. The van der Waals surface area contributed by atoms with E-state index in [0.29, 0.717) is 0 Å². The first-order valence-electron chi connectivity index (χ1n) is 6.71. The van der Waals surface area contributed by atoms with Crippen LogP contribution in [0.25, 0.3) is 0 Å². The molecule has 1 atom stereocenters. The fourth-order valence-corrected chi connectivity index (χ4v) is 1.36. The normalized spacial score (nSPS) is 12.9. The predicted molar refractivity (Wildman–Crippen MR) is 77.0 cm³/mol. The van der Waals surface area contributed by atoms with Crippen molar-refractivity contribution in [3.05, 3.63) is 0 Å². The number of amides is 2. The van der Waals surface area contributed by atoms with Gasteiger partial charge in [-0.3, -0.25) is 0 Å². The fraction of sp³-hybridized carbons (Fsp3) is 0.923. The van der Waals surface area contributed by atoms with Crippen molar-refractivity contribution in [2.24, 2.45) is 0 Å². The van der Waals surface area contributed by atoms with Crippen LogP contribution in [0.2, 0.25) is 0 Å². The van der Waals surface area contributed by atoms with Gasteiger partial charge in [-0.15, -0.1) is 0 Å². The number of carbonyl (C=O) groups is 1. The second-order valence-corrected chi connectivity index (χ2v) is 5.35. The zero-order chi connectivity index (χ0) is 14.1. The zero-order valence-electron chi connectivity index (χ0n) is 12.9. The number of hydrogen-bond acceptors (Lipinski definition) is 3. The van der Waals surface area contributed by atoms with Gasteiger partial charge in [0.15, 0.2) is 0 Å². The standard InChI is InChI=1S/C13H30N4O/c1-7-12(2)14-13(18)17(10-8-15(3)4)11-9-16(5)6/h12H,7-11H2,1-6H3,(H,14,18). The highest BCUT2D eigenvalue weighted by molar-refractivity contribution is 5.74. The van der Waals surface area contributed by atoms with E-state index in [2.05, 4.69) is 22.0 Å². The van der Waals surface area contributed by atoms with E-state index in [1.807, 2.05) is 40.0 Å². The lowest BCUT2D eigenvalue weighted by Gasteiger charge is -2.27. The van der Waals surface area contributed by atoms with Crippen LogP contribution < -0.4 is 5.32 Å². The van der Waals surface area contributed by atoms with Gasteiger partial charge < -0.3 is 20.0 Å². The van der Waals surface area contributed by atoms with E-state index < -0.39 is 0 Å². The van der Waals surface area contributed by atoms with Crippen molar-refractivity contribution in [2.45, 2.75) is 26.3 Å². The topological polar surface area (TPSA) is 38.8 Å². The molecule has 0 aliphatic rings. The average Bonchev–Trinajstić information content (AvgIpc) is 2.27. The van der Waals surface area contributed by atoms with Crippen molar-refractivity contribution in [2.75, 3.05) is 54.4 Å². The minimum absolute atomic E-state index is 0.0491. The van der Waals surface area contributed by atoms with Crippen LogP contribution in [-0.2, 0) is 0 Å². The summed E-state index contributed by atoms with van der Waals surface area (Å²) in [5, 5.41) is 3.03. The van der Waals surface area contributed by atoms with Gasteiger partial charge in [0.2, 0.25) is 0 Å². The number of rotatable bonds is 8. The molecular weight excluding hydrogens is 228 g/mol. The van der Waals surface area contributed by atoms with E-state index in [4.69, 9.17) is 0 Å². The molecule has 108 valence electrons. The van der Waals surface area contributed by atoms with E-state index in [0.717, 1.165) is 32.6 Å². The molecule has 0 heterocycles. The number of urea groups is 1. The maximum Gasteiger partial charge on any atom is 0.317 e. The summed E-state index contributed by atoms with van der Waals surface area (Å²) in [4.78, 5) is 18.2. The first-order chi connectivity index (χ1) is 8.36. The summed E-state index contributed by atoms with van der Waals surface area (Å²) in [7, 11) is 8.10. The van der Waals surface area contributed by atoms with Gasteiger partial charge in [-0.25, -0.2) is 4.79 Å². The third-order valence-corrected chi connectivity index (χ3v) is 2.90.